The Morgan fingerprint density at radius 2 is 2.28 bits per heavy atom. The maximum Gasteiger partial charge on any atom is 0.0884 e. The summed E-state index contributed by atoms with van der Waals surface area (Å²) < 4.78 is 0. The molecule has 1 aliphatic heterocycles. The first-order chi connectivity index (χ1) is 8.80. The summed E-state index contributed by atoms with van der Waals surface area (Å²) in [6.07, 6.45) is 5.00. The van der Waals surface area contributed by atoms with E-state index in [1.165, 1.54) is 0 Å². The van der Waals surface area contributed by atoms with Gasteiger partial charge in [0.25, 0.3) is 0 Å². The summed E-state index contributed by atoms with van der Waals surface area (Å²) in [5, 5.41) is 18.4. The Bertz CT molecular complexity index is 488. The average molecular weight is 242 g/mol. The van der Waals surface area contributed by atoms with Crippen molar-refractivity contribution in [3.8, 4) is 6.07 Å². The van der Waals surface area contributed by atoms with Gasteiger partial charge in [0.2, 0.25) is 0 Å². The van der Waals surface area contributed by atoms with Crippen LogP contribution in [-0.4, -0.2) is 11.3 Å². The molecule has 0 saturated heterocycles. The smallest absolute Gasteiger partial charge is 0.0884 e. The molecule has 1 N–H and O–H groups in total. The highest BCUT2D eigenvalue weighted by Crippen LogP contribution is 2.39. The standard InChI is InChI=1S/C15H18N2O/c1-2-3-4-13-12(8-16)9-17-15-6-5-11(10-18)7-14(13)15/h5-7,9,12-13,18H,2-4,10H2,1H3. The molecule has 3 heteroatoms. The first-order valence-electron chi connectivity index (χ1n) is 6.47. The molecule has 0 aromatic heterocycles. The first kappa shape index (κ1) is 12.8. The summed E-state index contributed by atoms with van der Waals surface area (Å²) in [7, 11) is 0. The molecule has 1 aliphatic rings. The average Bonchev–Trinajstić information content (AvgIpc) is 2.43. The number of nitrogens with zero attached hydrogens (tertiary/aromatic N) is 2. The van der Waals surface area contributed by atoms with Crippen molar-refractivity contribution in [1.29, 1.82) is 5.26 Å². The van der Waals surface area contributed by atoms with E-state index in [9.17, 15) is 10.4 Å². The fourth-order valence-corrected chi connectivity index (χ4v) is 2.46. The molecule has 2 atom stereocenters. The lowest BCUT2D eigenvalue weighted by atomic mass is 9.80. The molecule has 2 rings (SSSR count). The highest BCUT2D eigenvalue weighted by molar-refractivity contribution is 5.75. The fraction of sp³-hybridized carbons (Fsp3) is 0.467. The van der Waals surface area contributed by atoms with E-state index in [1.54, 1.807) is 6.21 Å². The minimum atomic E-state index is -0.141. The third-order valence-electron chi connectivity index (χ3n) is 3.50. The van der Waals surface area contributed by atoms with Crippen molar-refractivity contribution < 1.29 is 5.11 Å². The molecule has 18 heavy (non-hydrogen) atoms. The highest BCUT2D eigenvalue weighted by Gasteiger charge is 2.27. The fourth-order valence-electron chi connectivity index (χ4n) is 2.46. The van der Waals surface area contributed by atoms with Crippen molar-refractivity contribution in [2.24, 2.45) is 10.9 Å². The van der Waals surface area contributed by atoms with Crippen molar-refractivity contribution in [3.05, 3.63) is 29.3 Å². The minimum Gasteiger partial charge on any atom is -0.392 e. The Morgan fingerprint density at radius 3 is 2.94 bits per heavy atom. The van der Waals surface area contributed by atoms with Gasteiger partial charge in [-0.3, -0.25) is 4.99 Å². The largest absolute Gasteiger partial charge is 0.392 e. The van der Waals surface area contributed by atoms with Gasteiger partial charge in [-0.2, -0.15) is 5.26 Å². The van der Waals surface area contributed by atoms with Crippen LogP contribution >= 0.6 is 0 Å². The molecular formula is C15H18N2O. The number of nitriles is 1. The predicted molar refractivity (Wildman–Crippen MR) is 71.9 cm³/mol. The maximum absolute atomic E-state index is 9.22. The summed E-state index contributed by atoms with van der Waals surface area (Å²) in [5.74, 6) is 0.0759. The Kier molecular flexibility index (Phi) is 4.11. The molecule has 1 heterocycles. The topological polar surface area (TPSA) is 56.4 Å². The van der Waals surface area contributed by atoms with E-state index < -0.39 is 0 Å². The summed E-state index contributed by atoms with van der Waals surface area (Å²) in [4.78, 5) is 4.35. The number of aliphatic hydroxyl groups is 1. The van der Waals surface area contributed by atoms with Gasteiger partial charge in [0.1, 0.15) is 0 Å². The molecule has 0 spiro atoms. The Labute approximate surface area is 108 Å². The molecule has 0 radical (unpaired) electrons. The van der Waals surface area contributed by atoms with Crippen LogP contribution < -0.4 is 0 Å². The number of hydrogen-bond acceptors (Lipinski definition) is 3. The van der Waals surface area contributed by atoms with Gasteiger partial charge < -0.3 is 5.11 Å². The van der Waals surface area contributed by atoms with Crippen molar-refractivity contribution >= 4 is 11.9 Å². The van der Waals surface area contributed by atoms with Crippen molar-refractivity contribution in [2.45, 2.75) is 38.7 Å². The Morgan fingerprint density at radius 1 is 1.44 bits per heavy atom. The van der Waals surface area contributed by atoms with Crippen LogP contribution in [0.4, 0.5) is 5.69 Å². The lowest BCUT2D eigenvalue weighted by molar-refractivity contribution is 0.281. The zero-order chi connectivity index (χ0) is 13.0. The summed E-state index contributed by atoms with van der Waals surface area (Å²) in [5.41, 5.74) is 2.95. The molecule has 0 bridgehead atoms. The molecule has 0 fully saturated rings. The number of rotatable bonds is 4. The van der Waals surface area contributed by atoms with Gasteiger partial charge in [-0.25, -0.2) is 0 Å². The molecular weight excluding hydrogens is 224 g/mol. The van der Waals surface area contributed by atoms with Gasteiger partial charge in [-0.1, -0.05) is 31.9 Å². The zero-order valence-electron chi connectivity index (χ0n) is 10.6. The van der Waals surface area contributed by atoms with Gasteiger partial charge in [0.15, 0.2) is 0 Å². The molecule has 2 unspecified atom stereocenters. The molecule has 0 amide bonds. The number of hydrogen-bond donors (Lipinski definition) is 1. The number of aliphatic imine (C=N–C) groups is 1. The van der Waals surface area contributed by atoms with E-state index in [2.05, 4.69) is 18.0 Å². The second-order valence-electron chi connectivity index (χ2n) is 4.73. The summed E-state index contributed by atoms with van der Waals surface area (Å²) in [6, 6.07) is 8.15. The van der Waals surface area contributed by atoms with Gasteiger partial charge in [0.05, 0.1) is 24.3 Å². The Hall–Kier alpha value is -1.66. The van der Waals surface area contributed by atoms with Crippen LogP contribution in [0, 0.1) is 17.2 Å². The second kappa shape index (κ2) is 5.79. The number of benzene rings is 1. The van der Waals surface area contributed by atoms with E-state index in [1.807, 2.05) is 18.2 Å². The second-order valence-corrected chi connectivity index (χ2v) is 4.73. The van der Waals surface area contributed by atoms with Crippen LogP contribution in [-0.2, 0) is 6.61 Å². The number of aliphatic hydroxyl groups excluding tert-OH is 1. The number of fused-ring (bicyclic) bond motifs is 1. The molecule has 1 aromatic carbocycles. The van der Waals surface area contributed by atoms with Gasteiger partial charge in [0, 0.05) is 12.1 Å². The van der Waals surface area contributed by atoms with Crippen LogP contribution in [0.5, 0.6) is 0 Å². The van der Waals surface area contributed by atoms with Crippen LogP contribution in [0.3, 0.4) is 0 Å². The third kappa shape index (κ3) is 2.44. The molecule has 0 saturated carbocycles. The van der Waals surface area contributed by atoms with E-state index >= 15 is 0 Å². The molecule has 0 aliphatic carbocycles. The monoisotopic (exact) mass is 242 g/mol. The predicted octanol–water partition coefficient (Wildman–Crippen LogP) is 3.31. The van der Waals surface area contributed by atoms with Crippen LogP contribution in [0.2, 0.25) is 0 Å². The molecule has 94 valence electrons. The Balaban J connectivity index is 2.37. The molecule has 1 aromatic rings. The lowest BCUT2D eigenvalue weighted by Crippen LogP contribution is -2.16. The van der Waals surface area contributed by atoms with Crippen molar-refractivity contribution in [3.63, 3.8) is 0 Å². The quantitative estimate of drug-likeness (QED) is 0.880. The third-order valence-corrected chi connectivity index (χ3v) is 3.50. The normalized spacial score (nSPS) is 21.4. The van der Waals surface area contributed by atoms with Crippen molar-refractivity contribution in [1.82, 2.24) is 0 Å². The minimum absolute atomic E-state index is 0.0364. The summed E-state index contributed by atoms with van der Waals surface area (Å²) in [6.45, 7) is 2.19. The maximum atomic E-state index is 9.22. The molecule has 3 nitrogen and oxygen atoms in total. The number of unbranched alkanes of at least 4 members (excludes halogenated alkanes) is 1. The van der Waals surface area contributed by atoms with Crippen LogP contribution in [0.1, 0.15) is 43.2 Å². The summed E-state index contributed by atoms with van der Waals surface area (Å²) >= 11 is 0. The van der Waals surface area contributed by atoms with E-state index in [0.717, 1.165) is 36.1 Å². The van der Waals surface area contributed by atoms with E-state index in [-0.39, 0.29) is 18.4 Å². The van der Waals surface area contributed by atoms with Crippen molar-refractivity contribution in [2.75, 3.05) is 0 Å². The van der Waals surface area contributed by atoms with Gasteiger partial charge >= 0.3 is 0 Å². The zero-order valence-corrected chi connectivity index (χ0v) is 10.6. The SMILES string of the molecule is CCCCC1c2cc(CO)ccc2N=CC1C#N. The highest BCUT2D eigenvalue weighted by atomic mass is 16.3. The van der Waals surface area contributed by atoms with Crippen LogP contribution in [0.25, 0.3) is 0 Å². The first-order valence-corrected chi connectivity index (χ1v) is 6.47. The van der Waals surface area contributed by atoms with Gasteiger partial charge in [-0.15, -0.1) is 0 Å². The van der Waals surface area contributed by atoms with Gasteiger partial charge in [-0.05, 0) is 23.6 Å². The van der Waals surface area contributed by atoms with E-state index in [0.29, 0.717) is 0 Å². The van der Waals surface area contributed by atoms with Crippen LogP contribution in [0.15, 0.2) is 23.2 Å². The lowest BCUT2D eigenvalue weighted by Gasteiger charge is -2.25. The van der Waals surface area contributed by atoms with E-state index in [4.69, 9.17) is 0 Å².